The highest BCUT2D eigenvalue weighted by Crippen LogP contribution is 2.39. The molecule has 1 aromatic carbocycles. The molecule has 0 unspecified atom stereocenters. The maximum absolute atomic E-state index is 12.5. The lowest BCUT2D eigenvalue weighted by Crippen LogP contribution is -2.22. The van der Waals surface area contributed by atoms with Crippen LogP contribution in [0.15, 0.2) is 17.7 Å². The van der Waals surface area contributed by atoms with Crippen LogP contribution in [-0.4, -0.2) is 24.5 Å². The van der Waals surface area contributed by atoms with E-state index in [0.717, 1.165) is 12.8 Å². The fourth-order valence-corrected chi connectivity index (χ4v) is 2.82. The van der Waals surface area contributed by atoms with Crippen molar-refractivity contribution in [3.05, 3.63) is 40.0 Å². The number of Topliss-reactive ketones (excluding diaryl/α,β-unsaturated/α-hetero) is 2. The van der Waals surface area contributed by atoms with Crippen molar-refractivity contribution in [3.8, 4) is 5.75 Å². The van der Waals surface area contributed by atoms with Crippen LogP contribution in [-0.2, 0) is 0 Å². The second kappa shape index (κ2) is 4.65. The number of ether oxygens (including phenoxy) is 1. The minimum absolute atomic E-state index is 0.00434. The standard InChI is InChI=1S/C17H16O4/c1-8-7-12(21-3)14-11(18)6-9(2)16(19)15(14)13(8)17(20)10-4-5-10/h6-7,10H,4-5H2,1-3H3. The van der Waals surface area contributed by atoms with Crippen molar-refractivity contribution in [1.29, 1.82) is 0 Å². The normalized spacial score (nSPS) is 17.4. The summed E-state index contributed by atoms with van der Waals surface area (Å²) in [5, 5.41) is 0. The van der Waals surface area contributed by atoms with E-state index in [1.54, 1.807) is 19.9 Å². The molecule has 1 saturated carbocycles. The van der Waals surface area contributed by atoms with Crippen molar-refractivity contribution >= 4 is 17.3 Å². The SMILES string of the molecule is COc1cc(C)c(C(=O)C2CC2)c2c1C(=O)C=C(C)C2=O. The van der Waals surface area contributed by atoms with Gasteiger partial charge in [-0.1, -0.05) is 0 Å². The summed E-state index contributed by atoms with van der Waals surface area (Å²) in [6.45, 7) is 3.38. The molecule has 0 aromatic heterocycles. The summed E-state index contributed by atoms with van der Waals surface area (Å²) in [6, 6.07) is 1.67. The first-order valence-corrected chi connectivity index (χ1v) is 6.98. The maximum atomic E-state index is 12.5. The van der Waals surface area contributed by atoms with Crippen LogP contribution in [0, 0.1) is 12.8 Å². The average Bonchev–Trinajstić information content (AvgIpc) is 3.27. The third kappa shape index (κ3) is 2.02. The van der Waals surface area contributed by atoms with Gasteiger partial charge in [-0.05, 0) is 44.4 Å². The number of benzene rings is 1. The Morgan fingerprint density at radius 3 is 2.43 bits per heavy atom. The third-order valence-electron chi connectivity index (χ3n) is 4.08. The molecule has 4 nitrogen and oxygen atoms in total. The van der Waals surface area contributed by atoms with Crippen molar-refractivity contribution < 1.29 is 19.1 Å². The molecule has 0 aliphatic heterocycles. The fourth-order valence-electron chi connectivity index (χ4n) is 2.82. The molecule has 4 heteroatoms. The topological polar surface area (TPSA) is 60.4 Å². The number of carbonyl (C=O) groups excluding carboxylic acids is 3. The third-order valence-corrected chi connectivity index (χ3v) is 4.08. The fraction of sp³-hybridized carbons (Fsp3) is 0.353. The van der Waals surface area contributed by atoms with Crippen LogP contribution in [0.1, 0.15) is 56.4 Å². The van der Waals surface area contributed by atoms with Crippen LogP contribution in [0.2, 0.25) is 0 Å². The molecule has 2 aliphatic rings. The molecule has 0 spiro atoms. The maximum Gasteiger partial charge on any atom is 0.190 e. The van der Waals surface area contributed by atoms with Crippen LogP contribution >= 0.6 is 0 Å². The lowest BCUT2D eigenvalue weighted by Gasteiger charge is -2.20. The zero-order valence-electron chi connectivity index (χ0n) is 12.3. The molecule has 0 radical (unpaired) electrons. The molecule has 0 atom stereocenters. The Morgan fingerprint density at radius 2 is 1.86 bits per heavy atom. The van der Waals surface area contributed by atoms with Gasteiger partial charge in [0.25, 0.3) is 0 Å². The van der Waals surface area contributed by atoms with Gasteiger partial charge in [0.1, 0.15) is 5.75 Å². The van der Waals surface area contributed by atoms with Gasteiger partial charge in [0.2, 0.25) is 0 Å². The molecule has 21 heavy (non-hydrogen) atoms. The van der Waals surface area contributed by atoms with Crippen LogP contribution in [0.4, 0.5) is 0 Å². The summed E-state index contributed by atoms with van der Waals surface area (Å²) in [4.78, 5) is 37.3. The molecule has 2 aliphatic carbocycles. The van der Waals surface area contributed by atoms with E-state index in [4.69, 9.17) is 4.74 Å². The largest absolute Gasteiger partial charge is 0.496 e. The van der Waals surface area contributed by atoms with Crippen LogP contribution < -0.4 is 4.74 Å². The van der Waals surface area contributed by atoms with Gasteiger partial charge >= 0.3 is 0 Å². The molecule has 1 aromatic rings. The minimum Gasteiger partial charge on any atom is -0.496 e. The molecule has 0 heterocycles. The van der Waals surface area contributed by atoms with Gasteiger partial charge in [-0.3, -0.25) is 14.4 Å². The quantitative estimate of drug-likeness (QED) is 0.801. The first-order valence-electron chi connectivity index (χ1n) is 6.98. The molecular weight excluding hydrogens is 268 g/mol. The van der Waals surface area contributed by atoms with Crippen molar-refractivity contribution in [2.45, 2.75) is 26.7 Å². The number of hydrogen-bond donors (Lipinski definition) is 0. The summed E-state index contributed by atoms with van der Waals surface area (Å²) >= 11 is 0. The Morgan fingerprint density at radius 1 is 1.19 bits per heavy atom. The highest BCUT2D eigenvalue weighted by molar-refractivity contribution is 6.29. The number of rotatable bonds is 3. The highest BCUT2D eigenvalue weighted by Gasteiger charge is 2.38. The van der Waals surface area contributed by atoms with E-state index >= 15 is 0 Å². The van der Waals surface area contributed by atoms with Crippen LogP contribution in [0.3, 0.4) is 0 Å². The first kappa shape index (κ1) is 13.7. The number of fused-ring (bicyclic) bond motifs is 1. The Labute approximate surface area is 122 Å². The van der Waals surface area contributed by atoms with Gasteiger partial charge in [-0.25, -0.2) is 0 Å². The van der Waals surface area contributed by atoms with Gasteiger partial charge in [0.15, 0.2) is 17.3 Å². The molecular formula is C17H16O4. The molecule has 3 rings (SSSR count). The number of ketones is 3. The van der Waals surface area contributed by atoms with Crippen LogP contribution in [0.5, 0.6) is 5.75 Å². The Balaban J connectivity index is 2.33. The second-order valence-electron chi connectivity index (χ2n) is 5.68. The summed E-state index contributed by atoms with van der Waals surface area (Å²) < 4.78 is 5.24. The molecule has 0 N–H and O–H groups in total. The van der Waals surface area contributed by atoms with E-state index in [-0.39, 0.29) is 34.4 Å². The minimum atomic E-state index is -0.274. The number of allylic oxidation sites excluding steroid dienone is 2. The molecule has 0 saturated heterocycles. The van der Waals surface area contributed by atoms with Crippen molar-refractivity contribution in [1.82, 2.24) is 0 Å². The van der Waals surface area contributed by atoms with E-state index in [1.165, 1.54) is 13.2 Å². The smallest absolute Gasteiger partial charge is 0.190 e. The monoisotopic (exact) mass is 284 g/mol. The Kier molecular flexibility index (Phi) is 3.04. The van der Waals surface area contributed by atoms with Gasteiger partial charge in [0.05, 0.1) is 12.7 Å². The first-order chi connectivity index (χ1) is 9.95. The molecule has 0 amide bonds. The van der Waals surface area contributed by atoms with Crippen molar-refractivity contribution in [2.24, 2.45) is 5.92 Å². The lowest BCUT2D eigenvalue weighted by atomic mass is 9.82. The lowest BCUT2D eigenvalue weighted by molar-refractivity contribution is 0.0947. The number of aryl methyl sites for hydroxylation is 1. The van der Waals surface area contributed by atoms with Crippen molar-refractivity contribution in [2.75, 3.05) is 7.11 Å². The predicted molar refractivity (Wildman–Crippen MR) is 77.2 cm³/mol. The van der Waals surface area contributed by atoms with E-state index < -0.39 is 0 Å². The van der Waals surface area contributed by atoms with E-state index in [1.807, 2.05) is 0 Å². The van der Waals surface area contributed by atoms with E-state index in [2.05, 4.69) is 0 Å². The zero-order valence-corrected chi connectivity index (χ0v) is 12.3. The van der Waals surface area contributed by atoms with Gasteiger partial charge in [0, 0.05) is 22.6 Å². The zero-order chi connectivity index (χ0) is 15.3. The molecule has 0 bridgehead atoms. The highest BCUT2D eigenvalue weighted by atomic mass is 16.5. The Hall–Kier alpha value is -2.23. The summed E-state index contributed by atoms with van der Waals surface area (Å²) in [6.07, 6.45) is 3.03. The summed E-state index contributed by atoms with van der Waals surface area (Å²) in [7, 11) is 1.46. The number of hydrogen-bond acceptors (Lipinski definition) is 4. The van der Waals surface area contributed by atoms with Gasteiger partial charge < -0.3 is 4.74 Å². The van der Waals surface area contributed by atoms with E-state index in [0.29, 0.717) is 22.4 Å². The number of methoxy groups -OCH3 is 1. The van der Waals surface area contributed by atoms with E-state index in [9.17, 15) is 14.4 Å². The van der Waals surface area contributed by atoms with Crippen LogP contribution in [0.25, 0.3) is 0 Å². The molecule has 108 valence electrons. The number of carbonyl (C=O) groups is 3. The second-order valence-corrected chi connectivity index (χ2v) is 5.68. The average molecular weight is 284 g/mol. The predicted octanol–water partition coefficient (Wildman–Crippen LogP) is 2.92. The Bertz CT molecular complexity index is 721. The summed E-state index contributed by atoms with van der Waals surface area (Å²) in [5.74, 6) is -0.200. The van der Waals surface area contributed by atoms with Gasteiger partial charge in [-0.15, -0.1) is 0 Å². The van der Waals surface area contributed by atoms with Crippen molar-refractivity contribution in [3.63, 3.8) is 0 Å². The van der Waals surface area contributed by atoms with Gasteiger partial charge in [-0.2, -0.15) is 0 Å². The summed E-state index contributed by atoms with van der Waals surface area (Å²) in [5.41, 5.74) is 1.92. The molecule has 1 fully saturated rings.